The zero-order chi connectivity index (χ0) is 16.7. The molecule has 2 aliphatic heterocycles. The first-order chi connectivity index (χ1) is 11.6. The molecule has 1 N–H and O–H groups in total. The number of aryl methyl sites for hydroxylation is 1. The molecule has 2 unspecified atom stereocenters. The number of hydrogen-bond acceptors (Lipinski definition) is 3. The van der Waals surface area contributed by atoms with Gasteiger partial charge in [0.25, 0.3) is 0 Å². The first-order valence-corrected chi connectivity index (χ1v) is 8.72. The Morgan fingerprint density at radius 3 is 2.67 bits per heavy atom. The molecule has 126 valence electrons. The quantitative estimate of drug-likeness (QED) is 0.944. The summed E-state index contributed by atoms with van der Waals surface area (Å²) in [5.74, 6) is 0.187. The summed E-state index contributed by atoms with van der Waals surface area (Å²) in [7, 11) is 0. The molecule has 0 radical (unpaired) electrons. The monoisotopic (exact) mass is 324 g/mol. The maximum Gasteiger partial charge on any atom is 0.231 e. The molecule has 24 heavy (non-hydrogen) atoms. The minimum absolute atomic E-state index is 0.172. The van der Waals surface area contributed by atoms with Crippen LogP contribution in [0.1, 0.15) is 30.7 Å². The summed E-state index contributed by atoms with van der Waals surface area (Å²) in [5.41, 5.74) is 3.94. The molecule has 3 heterocycles. The molecule has 2 fully saturated rings. The van der Waals surface area contributed by atoms with Crippen molar-refractivity contribution in [3.63, 3.8) is 0 Å². The molecule has 1 aromatic heterocycles. The van der Waals surface area contributed by atoms with E-state index in [0.29, 0.717) is 0 Å². The molecule has 0 aliphatic carbocycles. The number of imidazole rings is 1. The van der Waals surface area contributed by atoms with Gasteiger partial charge in [-0.2, -0.15) is 0 Å². The number of benzene rings is 1. The fourth-order valence-electron chi connectivity index (χ4n) is 4.02. The highest BCUT2D eigenvalue weighted by Gasteiger charge is 2.46. The van der Waals surface area contributed by atoms with Gasteiger partial charge in [0.2, 0.25) is 5.91 Å². The van der Waals surface area contributed by atoms with Crippen molar-refractivity contribution in [2.45, 2.75) is 33.1 Å². The summed E-state index contributed by atoms with van der Waals surface area (Å²) >= 11 is 0. The summed E-state index contributed by atoms with van der Waals surface area (Å²) in [5, 5.41) is 3.14. The summed E-state index contributed by atoms with van der Waals surface area (Å²) in [6.45, 7) is 7.20. The van der Waals surface area contributed by atoms with Crippen LogP contribution in [0.2, 0.25) is 0 Å². The molecule has 1 aromatic carbocycles. The van der Waals surface area contributed by atoms with E-state index in [1.807, 2.05) is 37.5 Å². The van der Waals surface area contributed by atoms with Crippen LogP contribution < -0.4 is 5.32 Å². The average molecular weight is 324 g/mol. The zero-order valence-electron chi connectivity index (χ0n) is 14.4. The van der Waals surface area contributed by atoms with E-state index >= 15 is 0 Å². The van der Waals surface area contributed by atoms with Crippen molar-refractivity contribution >= 4 is 11.6 Å². The SMILES string of the molecule is Cc1ncn(-c2ccc(NC(=O)C34CCCN(CC3)C4)cc2)c1C. The van der Waals surface area contributed by atoms with Gasteiger partial charge in [0, 0.05) is 23.6 Å². The summed E-state index contributed by atoms with van der Waals surface area (Å²) in [4.78, 5) is 19.6. The van der Waals surface area contributed by atoms with Gasteiger partial charge in [0.15, 0.2) is 0 Å². The maximum atomic E-state index is 12.8. The number of carbonyl (C=O) groups excluding carboxylic acids is 1. The number of amides is 1. The van der Waals surface area contributed by atoms with Gasteiger partial charge < -0.3 is 14.8 Å². The Labute approximate surface area is 142 Å². The van der Waals surface area contributed by atoms with E-state index < -0.39 is 0 Å². The molecule has 0 spiro atoms. The molecule has 2 saturated heterocycles. The lowest BCUT2D eigenvalue weighted by atomic mass is 9.80. The predicted octanol–water partition coefficient (Wildman–Crippen LogP) is 2.91. The topological polar surface area (TPSA) is 50.2 Å². The average Bonchev–Trinajstić information content (AvgIpc) is 3.09. The molecule has 4 rings (SSSR count). The van der Waals surface area contributed by atoms with E-state index in [4.69, 9.17) is 0 Å². The number of carbonyl (C=O) groups is 1. The number of hydrogen-bond donors (Lipinski definition) is 1. The van der Waals surface area contributed by atoms with E-state index in [0.717, 1.165) is 61.7 Å². The van der Waals surface area contributed by atoms with Gasteiger partial charge in [-0.25, -0.2) is 4.98 Å². The fraction of sp³-hybridized carbons (Fsp3) is 0.474. The van der Waals surface area contributed by atoms with Crippen molar-refractivity contribution in [3.05, 3.63) is 42.0 Å². The van der Waals surface area contributed by atoms with E-state index in [9.17, 15) is 4.79 Å². The lowest BCUT2D eigenvalue weighted by molar-refractivity contribution is -0.126. The van der Waals surface area contributed by atoms with Crippen LogP contribution in [0, 0.1) is 19.3 Å². The Balaban J connectivity index is 1.49. The summed E-state index contributed by atoms with van der Waals surface area (Å²) in [6, 6.07) is 8.02. The number of fused-ring (bicyclic) bond motifs is 2. The molecule has 5 heteroatoms. The highest BCUT2D eigenvalue weighted by Crippen LogP contribution is 2.40. The van der Waals surface area contributed by atoms with Crippen LogP contribution >= 0.6 is 0 Å². The Hall–Kier alpha value is -2.14. The lowest BCUT2D eigenvalue weighted by Gasteiger charge is -2.32. The molecule has 2 atom stereocenters. The summed E-state index contributed by atoms with van der Waals surface area (Å²) < 4.78 is 2.07. The second-order valence-corrected chi connectivity index (χ2v) is 7.20. The molecule has 1 amide bonds. The third-order valence-corrected chi connectivity index (χ3v) is 5.70. The number of aromatic nitrogens is 2. The number of nitrogens with one attached hydrogen (secondary N) is 1. The van der Waals surface area contributed by atoms with Crippen LogP contribution in [-0.2, 0) is 4.79 Å². The van der Waals surface area contributed by atoms with Crippen LogP contribution in [0.15, 0.2) is 30.6 Å². The van der Waals surface area contributed by atoms with E-state index in [-0.39, 0.29) is 11.3 Å². The van der Waals surface area contributed by atoms with Crippen LogP contribution in [0.3, 0.4) is 0 Å². The Bertz CT molecular complexity index is 760. The zero-order valence-corrected chi connectivity index (χ0v) is 14.4. The second-order valence-electron chi connectivity index (χ2n) is 7.20. The fourth-order valence-corrected chi connectivity index (χ4v) is 4.02. The molecule has 2 bridgehead atoms. The molecule has 2 aliphatic rings. The van der Waals surface area contributed by atoms with Crippen LogP contribution in [0.5, 0.6) is 0 Å². The van der Waals surface area contributed by atoms with Gasteiger partial charge in [0.05, 0.1) is 17.4 Å². The minimum Gasteiger partial charge on any atom is -0.326 e. The maximum absolute atomic E-state index is 12.8. The number of anilines is 1. The normalized spacial score (nSPS) is 25.7. The highest BCUT2D eigenvalue weighted by molar-refractivity contribution is 5.96. The van der Waals surface area contributed by atoms with Gasteiger partial charge in [-0.05, 0) is 70.5 Å². The second kappa shape index (κ2) is 5.74. The first-order valence-electron chi connectivity index (χ1n) is 8.72. The summed E-state index contributed by atoms with van der Waals surface area (Å²) in [6.07, 6.45) is 4.98. The smallest absolute Gasteiger partial charge is 0.231 e. The standard InChI is InChI=1S/C19H24N4O/c1-14-15(2)23(13-20-14)17-6-4-16(5-7-17)21-18(24)19-8-3-10-22(12-19)11-9-19/h4-7,13H,3,8-12H2,1-2H3,(H,21,24). The number of rotatable bonds is 3. The van der Waals surface area contributed by atoms with Crippen LogP contribution in [0.25, 0.3) is 5.69 Å². The Kier molecular flexibility index (Phi) is 3.68. The van der Waals surface area contributed by atoms with Crippen molar-refractivity contribution in [1.29, 1.82) is 0 Å². The third-order valence-electron chi connectivity index (χ3n) is 5.70. The molecule has 2 aromatic rings. The highest BCUT2D eigenvalue weighted by atomic mass is 16.2. The number of nitrogens with zero attached hydrogens (tertiary/aromatic N) is 3. The third kappa shape index (κ3) is 2.53. The largest absolute Gasteiger partial charge is 0.326 e. The van der Waals surface area contributed by atoms with Crippen molar-refractivity contribution < 1.29 is 4.79 Å². The lowest BCUT2D eigenvalue weighted by Crippen LogP contribution is -2.42. The van der Waals surface area contributed by atoms with Crippen molar-refractivity contribution in [3.8, 4) is 5.69 Å². The number of piperidine rings is 1. The van der Waals surface area contributed by atoms with Crippen molar-refractivity contribution in [1.82, 2.24) is 14.5 Å². The van der Waals surface area contributed by atoms with Gasteiger partial charge in [-0.3, -0.25) is 4.79 Å². The molecular formula is C19H24N4O. The van der Waals surface area contributed by atoms with Gasteiger partial charge in [-0.1, -0.05) is 0 Å². The van der Waals surface area contributed by atoms with E-state index in [2.05, 4.69) is 26.7 Å². The minimum atomic E-state index is -0.172. The Morgan fingerprint density at radius 2 is 1.96 bits per heavy atom. The molecular weight excluding hydrogens is 300 g/mol. The molecule has 5 nitrogen and oxygen atoms in total. The first kappa shape index (κ1) is 15.4. The van der Waals surface area contributed by atoms with Crippen molar-refractivity contribution in [2.75, 3.05) is 25.0 Å². The van der Waals surface area contributed by atoms with Gasteiger partial charge in [-0.15, -0.1) is 0 Å². The predicted molar refractivity (Wildman–Crippen MR) is 94.4 cm³/mol. The van der Waals surface area contributed by atoms with Crippen LogP contribution in [-0.4, -0.2) is 40.0 Å². The van der Waals surface area contributed by atoms with E-state index in [1.165, 1.54) is 0 Å². The van der Waals surface area contributed by atoms with Gasteiger partial charge in [0.1, 0.15) is 0 Å². The molecule has 0 saturated carbocycles. The van der Waals surface area contributed by atoms with Gasteiger partial charge >= 0.3 is 0 Å². The van der Waals surface area contributed by atoms with Crippen molar-refractivity contribution in [2.24, 2.45) is 5.41 Å². The van der Waals surface area contributed by atoms with Crippen LogP contribution in [0.4, 0.5) is 5.69 Å². The Morgan fingerprint density at radius 1 is 1.17 bits per heavy atom. The van der Waals surface area contributed by atoms with E-state index in [1.54, 1.807) is 0 Å².